The fourth-order valence-electron chi connectivity index (χ4n) is 0.991. The van der Waals surface area contributed by atoms with E-state index in [0.717, 1.165) is 15.4 Å². The second-order valence-corrected chi connectivity index (χ2v) is 2.31. The van der Waals surface area contributed by atoms with Gasteiger partial charge in [0.15, 0.2) is 0 Å². The van der Waals surface area contributed by atoms with E-state index in [1.807, 2.05) is 0 Å². The summed E-state index contributed by atoms with van der Waals surface area (Å²) >= 11 is 0. The Bertz CT molecular complexity index is 418. The van der Waals surface area contributed by atoms with Crippen molar-refractivity contribution < 1.29 is 0 Å². The zero-order valence-electron chi connectivity index (χ0n) is 7.37. The van der Waals surface area contributed by atoms with Crippen LogP contribution < -0.4 is 27.8 Å². The van der Waals surface area contributed by atoms with Crippen LogP contribution in [0.1, 0.15) is 0 Å². The fourth-order valence-corrected chi connectivity index (χ4v) is 0.991. The van der Waals surface area contributed by atoms with Crippen LogP contribution in [0.2, 0.25) is 0 Å². The van der Waals surface area contributed by atoms with Gasteiger partial charge in [0, 0.05) is 20.2 Å². The standard InChI is InChI=1S/C6H11N5O2/c1-8-10-4(7)3-5(12)11(9-2)6(10)13/h3,8-9H,7H2,1-2H3. The van der Waals surface area contributed by atoms with Crippen molar-refractivity contribution in [3.63, 3.8) is 0 Å². The maximum atomic E-state index is 11.4. The third kappa shape index (κ3) is 1.35. The average molecular weight is 185 g/mol. The van der Waals surface area contributed by atoms with Crippen LogP contribution in [-0.2, 0) is 0 Å². The predicted octanol–water partition coefficient (Wildman–Crippen LogP) is -2.06. The first-order chi connectivity index (χ1) is 6.11. The normalized spacial score (nSPS) is 9.69. The smallest absolute Gasteiger partial charge is 0.370 e. The van der Waals surface area contributed by atoms with E-state index in [-0.39, 0.29) is 5.82 Å². The van der Waals surface area contributed by atoms with E-state index < -0.39 is 11.2 Å². The van der Waals surface area contributed by atoms with Crippen LogP contribution in [-0.4, -0.2) is 23.4 Å². The van der Waals surface area contributed by atoms with E-state index in [1.165, 1.54) is 14.1 Å². The van der Waals surface area contributed by atoms with Crippen LogP contribution in [0.5, 0.6) is 0 Å². The molecule has 1 aromatic rings. The Morgan fingerprint density at radius 1 is 1.23 bits per heavy atom. The number of aromatic nitrogens is 2. The highest BCUT2D eigenvalue weighted by Crippen LogP contribution is 1.87. The molecule has 1 heterocycles. The van der Waals surface area contributed by atoms with Crippen LogP contribution in [0, 0.1) is 0 Å². The summed E-state index contributed by atoms with van der Waals surface area (Å²) < 4.78 is 1.89. The Morgan fingerprint density at radius 3 is 2.23 bits per heavy atom. The van der Waals surface area contributed by atoms with E-state index >= 15 is 0 Å². The maximum Gasteiger partial charge on any atom is 0.370 e. The minimum Gasteiger partial charge on any atom is -0.383 e. The van der Waals surface area contributed by atoms with Crippen molar-refractivity contribution in [1.29, 1.82) is 0 Å². The molecule has 7 heteroatoms. The summed E-state index contributed by atoms with van der Waals surface area (Å²) in [7, 11) is 3.00. The van der Waals surface area contributed by atoms with Gasteiger partial charge in [0.1, 0.15) is 5.82 Å². The Labute approximate surface area is 73.7 Å². The van der Waals surface area contributed by atoms with E-state index in [2.05, 4.69) is 10.9 Å². The molecule has 0 spiro atoms. The van der Waals surface area contributed by atoms with Crippen LogP contribution in [0.3, 0.4) is 0 Å². The molecule has 0 fully saturated rings. The van der Waals surface area contributed by atoms with Crippen molar-refractivity contribution in [2.24, 2.45) is 0 Å². The molecule has 0 unspecified atom stereocenters. The summed E-state index contributed by atoms with van der Waals surface area (Å²) in [4.78, 5) is 22.5. The van der Waals surface area contributed by atoms with Crippen molar-refractivity contribution >= 4 is 5.82 Å². The molecule has 0 radical (unpaired) electrons. The molecule has 7 nitrogen and oxygen atoms in total. The summed E-state index contributed by atoms with van der Waals surface area (Å²) in [6.45, 7) is 0. The van der Waals surface area contributed by atoms with Gasteiger partial charge in [-0.2, -0.15) is 9.35 Å². The first-order valence-corrected chi connectivity index (χ1v) is 3.62. The number of rotatable bonds is 2. The second kappa shape index (κ2) is 3.21. The van der Waals surface area contributed by atoms with Crippen molar-refractivity contribution in [2.75, 3.05) is 30.7 Å². The number of hydrogen-bond donors (Lipinski definition) is 3. The molecule has 0 aliphatic rings. The zero-order chi connectivity index (χ0) is 10.0. The molecule has 0 bridgehead atoms. The highest BCUT2D eigenvalue weighted by Gasteiger charge is 2.05. The van der Waals surface area contributed by atoms with Crippen LogP contribution in [0.4, 0.5) is 5.82 Å². The van der Waals surface area contributed by atoms with Crippen molar-refractivity contribution in [1.82, 2.24) is 9.35 Å². The third-order valence-electron chi connectivity index (χ3n) is 1.58. The van der Waals surface area contributed by atoms with Crippen molar-refractivity contribution in [2.45, 2.75) is 0 Å². The molecule has 0 aliphatic heterocycles. The van der Waals surface area contributed by atoms with E-state index in [9.17, 15) is 9.59 Å². The van der Waals surface area contributed by atoms with Gasteiger partial charge < -0.3 is 16.6 Å². The van der Waals surface area contributed by atoms with Gasteiger partial charge in [0.2, 0.25) is 0 Å². The van der Waals surface area contributed by atoms with Crippen molar-refractivity contribution in [3.8, 4) is 0 Å². The SMILES string of the molecule is CNn1c(N)cc(=O)n(NC)c1=O. The largest absolute Gasteiger partial charge is 0.383 e. The molecule has 0 aliphatic carbocycles. The first-order valence-electron chi connectivity index (χ1n) is 3.62. The summed E-state index contributed by atoms with van der Waals surface area (Å²) in [6, 6.07) is 1.15. The molecule has 0 aromatic carbocycles. The Morgan fingerprint density at radius 2 is 1.77 bits per heavy atom. The van der Waals surface area contributed by atoms with Gasteiger partial charge in [-0.1, -0.05) is 0 Å². The molecule has 1 aromatic heterocycles. The highest BCUT2D eigenvalue weighted by atomic mass is 16.2. The molecular weight excluding hydrogens is 174 g/mol. The number of nitrogen functional groups attached to an aromatic ring is 1. The second-order valence-electron chi connectivity index (χ2n) is 2.31. The third-order valence-corrected chi connectivity index (χ3v) is 1.58. The number of anilines is 1. The Kier molecular flexibility index (Phi) is 2.27. The molecule has 4 N–H and O–H groups in total. The maximum absolute atomic E-state index is 11.4. The van der Waals surface area contributed by atoms with Gasteiger partial charge in [0.25, 0.3) is 5.56 Å². The lowest BCUT2D eigenvalue weighted by Gasteiger charge is -2.10. The minimum atomic E-state index is -0.560. The van der Waals surface area contributed by atoms with Crippen LogP contribution in [0.25, 0.3) is 0 Å². The molecule has 0 saturated heterocycles. The average Bonchev–Trinajstić information content (AvgIpc) is 2.04. The number of nitrogens with two attached hydrogens (primary N) is 1. The van der Waals surface area contributed by atoms with E-state index in [1.54, 1.807) is 0 Å². The van der Waals surface area contributed by atoms with E-state index in [4.69, 9.17) is 5.73 Å². The van der Waals surface area contributed by atoms with E-state index in [0.29, 0.717) is 0 Å². The van der Waals surface area contributed by atoms with Crippen LogP contribution >= 0.6 is 0 Å². The Hall–Kier alpha value is -1.92. The van der Waals surface area contributed by atoms with Gasteiger partial charge in [-0.25, -0.2) is 4.79 Å². The number of nitrogens with zero attached hydrogens (tertiary/aromatic N) is 2. The molecule has 0 amide bonds. The van der Waals surface area contributed by atoms with Crippen molar-refractivity contribution in [3.05, 3.63) is 26.9 Å². The summed E-state index contributed by atoms with van der Waals surface area (Å²) in [5.41, 5.74) is 9.35. The lowest BCUT2D eigenvalue weighted by Crippen LogP contribution is -2.46. The molecular formula is C6H11N5O2. The monoisotopic (exact) mass is 185 g/mol. The lowest BCUT2D eigenvalue weighted by atomic mass is 10.6. The van der Waals surface area contributed by atoms with Gasteiger partial charge in [-0.05, 0) is 0 Å². The summed E-state index contributed by atoms with van der Waals surface area (Å²) in [5, 5.41) is 0. The Balaban J connectivity index is 3.59. The molecule has 0 atom stereocenters. The number of nitrogens with one attached hydrogen (secondary N) is 2. The fraction of sp³-hybridized carbons (Fsp3) is 0.333. The lowest BCUT2D eigenvalue weighted by molar-refractivity contribution is 0.711. The van der Waals surface area contributed by atoms with Crippen LogP contribution in [0.15, 0.2) is 15.7 Å². The molecule has 13 heavy (non-hydrogen) atoms. The summed E-state index contributed by atoms with van der Waals surface area (Å²) in [6.07, 6.45) is 0. The highest BCUT2D eigenvalue weighted by molar-refractivity contribution is 5.27. The molecule has 1 rings (SSSR count). The first kappa shape index (κ1) is 9.17. The molecule has 0 saturated carbocycles. The van der Waals surface area contributed by atoms with Gasteiger partial charge in [0.05, 0.1) is 0 Å². The summed E-state index contributed by atoms with van der Waals surface area (Å²) in [5.74, 6) is 0.0731. The van der Waals surface area contributed by atoms with Gasteiger partial charge in [-0.3, -0.25) is 4.79 Å². The molecule has 72 valence electrons. The zero-order valence-corrected chi connectivity index (χ0v) is 7.37. The quantitative estimate of drug-likeness (QED) is 0.492. The van der Waals surface area contributed by atoms with Gasteiger partial charge in [-0.15, -0.1) is 0 Å². The topological polar surface area (TPSA) is 94.1 Å². The predicted molar refractivity (Wildman–Crippen MR) is 49.9 cm³/mol. The van der Waals surface area contributed by atoms with Gasteiger partial charge >= 0.3 is 5.69 Å². The number of hydrogen-bond acceptors (Lipinski definition) is 5. The minimum absolute atomic E-state index is 0.0731.